The van der Waals surface area contributed by atoms with Crippen molar-refractivity contribution in [2.24, 2.45) is 11.3 Å². The highest BCUT2D eigenvalue weighted by Crippen LogP contribution is 2.20. The van der Waals surface area contributed by atoms with E-state index >= 15 is 0 Å². The largest absolute Gasteiger partial charge is 0.355 e. The van der Waals surface area contributed by atoms with Gasteiger partial charge in [0.15, 0.2) is 0 Å². The van der Waals surface area contributed by atoms with E-state index in [1.165, 1.54) is 25.3 Å². The number of benzene rings is 1. The van der Waals surface area contributed by atoms with Crippen LogP contribution in [-0.2, 0) is 16.1 Å². The molecule has 1 saturated heterocycles. The summed E-state index contributed by atoms with van der Waals surface area (Å²) < 4.78 is 0. The van der Waals surface area contributed by atoms with Gasteiger partial charge in [-0.1, -0.05) is 32.9 Å². The van der Waals surface area contributed by atoms with Crippen LogP contribution in [-0.4, -0.2) is 36.3 Å². The van der Waals surface area contributed by atoms with Crippen molar-refractivity contribution < 1.29 is 9.59 Å². The average Bonchev–Trinajstić information content (AvgIpc) is 2.53. The maximum Gasteiger partial charge on any atom is 0.225 e. The number of carbonyl (C=O) groups is 2. The fourth-order valence-corrected chi connectivity index (χ4v) is 3.12. The SMILES string of the molecule is CC(=O)Nc1ccc(CN2CCC[C@H](CNC(=O)C(C)(C)C)C2)cc1. The topological polar surface area (TPSA) is 61.4 Å². The van der Waals surface area contributed by atoms with E-state index in [0.717, 1.165) is 31.9 Å². The molecule has 1 aliphatic rings. The molecule has 5 heteroatoms. The number of hydrogen-bond donors (Lipinski definition) is 2. The van der Waals surface area contributed by atoms with Crippen molar-refractivity contribution in [3.63, 3.8) is 0 Å². The van der Waals surface area contributed by atoms with Gasteiger partial charge in [-0.15, -0.1) is 0 Å². The van der Waals surface area contributed by atoms with E-state index in [0.29, 0.717) is 5.92 Å². The molecule has 1 atom stereocenters. The predicted molar refractivity (Wildman–Crippen MR) is 101 cm³/mol. The van der Waals surface area contributed by atoms with Gasteiger partial charge in [-0.2, -0.15) is 0 Å². The van der Waals surface area contributed by atoms with Crippen molar-refractivity contribution in [2.45, 2.75) is 47.1 Å². The molecule has 0 bridgehead atoms. The molecule has 1 aromatic rings. The van der Waals surface area contributed by atoms with Crippen LogP contribution in [0.15, 0.2) is 24.3 Å². The molecular weight excluding hydrogens is 314 g/mol. The zero-order chi connectivity index (χ0) is 18.4. The Morgan fingerprint density at radius 2 is 1.88 bits per heavy atom. The van der Waals surface area contributed by atoms with Crippen LogP contribution < -0.4 is 10.6 Å². The molecule has 1 fully saturated rings. The molecule has 2 N–H and O–H groups in total. The van der Waals surface area contributed by atoms with Crippen molar-refractivity contribution in [1.82, 2.24) is 10.2 Å². The lowest BCUT2D eigenvalue weighted by Crippen LogP contribution is -2.43. The number of nitrogens with zero attached hydrogens (tertiary/aromatic N) is 1. The molecule has 0 radical (unpaired) electrons. The van der Waals surface area contributed by atoms with Crippen LogP contribution in [0.3, 0.4) is 0 Å². The summed E-state index contributed by atoms with van der Waals surface area (Å²) in [6.07, 6.45) is 2.34. The van der Waals surface area contributed by atoms with Gasteiger partial charge in [0, 0.05) is 37.7 Å². The number of piperidine rings is 1. The lowest BCUT2D eigenvalue weighted by atomic mass is 9.94. The number of amides is 2. The maximum absolute atomic E-state index is 12.0. The Hall–Kier alpha value is -1.88. The Kier molecular flexibility index (Phi) is 6.59. The lowest BCUT2D eigenvalue weighted by Gasteiger charge is -2.33. The summed E-state index contributed by atoms with van der Waals surface area (Å²) in [4.78, 5) is 25.6. The third-order valence-electron chi connectivity index (χ3n) is 4.52. The quantitative estimate of drug-likeness (QED) is 0.862. The van der Waals surface area contributed by atoms with Crippen LogP contribution in [0, 0.1) is 11.3 Å². The smallest absolute Gasteiger partial charge is 0.225 e. The van der Waals surface area contributed by atoms with Gasteiger partial charge in [0.25, 0.3) is 0 Å². The number of nitrogens with one attached hydrogen (secondary N) is 2. The van der Waals surface area contributed by atoms with Crippen molar-refractivity contribution >= 4 is 17.5 Å². The minimum atomic E-state index is -0.329. The summed E-state index contributed by atoms with van der Waals surface area (Å²) in [7, 11) is 0. The number of anilines is 1. The number of likely N-dealkylation sites (tertiary alicyclic amines) is 1. The Balaban J connectivity index is 1.82. The second kappa shape index (κ2) is 8.48. The van der Waals surface area contributed by atoms with Gasteiger partial charge in [0.1, 0.15) is 0 Å². The monoisotopic (exact) mass is 345 g/mol. The molecule has 138 valence electrons. The normalized spacial score (nSPS) is 18.6. The summed E-state index contributed by atoms with van der Waals surface area (Å²) in [6.45, 7) is 11.1. The molecule has 0 aliphatic carbocycles. The van der Waals surface area contributed by atoms with Crippen molar-refractivity contribution in [1.29, 1.82) is 0 Å². The lowest BCUT2D eigenvalue weighted by molar-refractivity contribution is -0.128. The third-order valence-corrected chi connectivity index (χ3v) is 4.52. The molecule has 5 nitrogen and oxygen atoms in total. The third kappa shape index (κ3) is 6.50. The van der Waals surface area contributed by atoms with E-state index in [4.69, 9.17) is 0 Å². The molecule has 0 spiro atoms. The van der Waals surface area contributed by atoms with Gasteiger partial charge in [-0.3, -0.25) is 14.5 Å². The Bertz CT molecular complexity index is 590. The zero-order valence-corrected chi connectivity index (χ0v) is 15.9. The highest BCUT2D eigenvalue weighted by Gasteiger charge is 2.24. The summed E-state index contributed by atoms with van der Waals surface area (Å²) in [6, 6.07) is 8.02. The fourth-order valence-electron chi connectivity index (χ4n) is 3.12. The summed E-state index contributed by atoms with van der Waals surface area (Å²) in [5.74, 6) is 0.584. The first-order valence-electron chi connectivity index (χ1n) is 9.11. The average molecular weight is 345 g/mol. The Morgan fingerprint density at radius 1 is 1.20 bits per heavy atom. The summed E-state index contributed by atoms with van der Waals surface area (Å²) in [5, 5.41) is 5.89. The standard InChI is InChI=1S/C20H31N3O2/c1-15(24)22-18-9-7-16(8-10-18)13-23-11-5-6-17(14-23)12-21-19(25)20(2,3)4/h7-10,17H,5-6,11-14H2,1-4H3,(H,21,25)(H,22,24)/t17-/m1/s1. The molecule has 0 saturated carbocycles. The molecular formula is C20H31N3O2. The van der Waals surface area contributed by atoms with Gasteiger partial charge < -0.3 is 10.6 Å². The van der Waals surface area contributed by atoms with E-state index in [1.807, 2.05) is 32.9 Å². The Labute approximate surface area is 151 Å². The van der Waals surface area contributed by atoms with E-state index in [1.54, 1.807) is 0 Å². The van der Waals surface area contributed by atoms with Gasteiger partial charge in [-0.25, -0.2) is 0 Å². The molecule has 2 amide bonds. The molecule has 25 heavy (non-hydrogen) atoms. The molecule has 1 aromatic carbocycles. The molecule has 1 aliphatic heterocycles. The van der Waals surface area contributed by atoms with E-state index in [-0.39, 0.29) is 17.2 Å². The highest BCUT2D eigenvalue weighted by molar-refractivity contribution is 5.88. The number of carbonyl (C=O) groups excluding carboxylic acids is 2. The second-order valence-electron chi connectivity index (χ2n) is 8.08. The zero-order valence-electron chi connectivity index (χ0n) is 15.9. The summed E-state index contributed by atoms with van der Waals surface area (Å²) in [5.41, 5.74) is 1.75. The van der Waals surface area contributed by atoms with E-state index in [2.05, 4.69) is 27.7 Å². The maximum atomic E-state index is 12.0. The van der Waals surface area contributed by atoms with Crippen LogP contribution in [0.25, 0.3) is 0 Å². The van der Waals surface area contributed by atoms with Crippen LogP contribution in [0.2, 0.25) is 0 Å². The first-order valence-corrected chi connectivity index (χ1v) is 9.11. The van der Waals surface area contributed by atoms with Gasteiger partial charge in [0.05, 0.1) is 0 Å². The molecule has 1 heterocycles. The van der Waals surface area contributed by atoms with Crippen LogP contribution in [0.5, 0.6) is 0 Å². The van der Waals surface area contributed by atoms with Gasteiger partial charge >= 0.3 is 0 Å². The van der Waals surface area contributed by atoms with Crippen molar-refractivity contribution in [3.05, 3.63) is 29.8 Å². The fraction of sp³-hybridized carbons (Fsp3) is 0.600. The van der Waals surface area contributed by atoms with Gasteiger partial charge in [-0.05, 0) is 43.0 Å². The Morgan fingerprint density at radius 3 is 2.48 bits per heavy atom. The second-order valence-corrected chi connectivity index (χ2v) is 8.08. The molecule has 0 unspecified atom stereocenters. The number of hydrogen-bond acceptors (Lipinski definition) is 3. The minimum Gasteiger partial charge on any atom is -0.355 e. The predicted octanol–water partition coefficient (Wildman–Crippen LogP) is 3.02. The molecule has 2 rings (SSSR count). The summed E-state index contributed by atoms with van der Waals surface area (Å²) >= 11 is 0. The van der Waals surface area contributed by atoms with Crippen LogP contribution in [0.1, 0.15) is 46.1 Å². The van der Waals surface area contributed by atoms with Gasteiger partial charge in [0.2, 0.25) is 11.8 Å². The van der Waals surface area contributed by atoms with Crippen molar-refractivity contribution in [2.75, 3.05) is 25.0 Å². The van der Waals surface area contributed by atoms with E-state index in [9.17, 15) is 9.59 Å². The van der Waals surface area contributed by atoms with Crippen LogP contribution in [0.4, 0.5) is 5.69 Å². The van der Waals surface area contributed by atoms with Crippen LogP contribution >= 0.6 is 0 Å². The van der Waals surface area contributed by atoms with E-state index < -0.39 is 0 Å². The highest BCUT2D eigenvalue weighted by atomic mass is 16.2. The van der Waals surface area contributed by atoms with Crippen molar-refractivity contribution in [3.8, 4) is 0 Å². The molecule has 0 aromatic heterocycles. The minimum absolute atomic E-state index is 0.0519. The number of rotatable bonds is 5. The first-order chi connectivity index (χ1) is 11.7. The first kappa shape index (κ1) is 19.4.